The van der Waals surface area contributed by atoms with E-state index in [1.807, 2.05) is 36.9 Å². The van der Waals surface area contributed by atoms with Crippen molar-refractivity contribution in [1.82, 2.24) is 9.80 Å². The molecule has 4 rings (SSSR count). The van der Waals surface area contributed by atoms with E-state index in [1.165, 1.54) is 10.4 Å². The summed E-state index contributed by atoms with van der Waals surface area (Å²) in [7, 11) is 0. The Balaban J connectivity index is 1.61. The van der Waals surface area contributed by atoms with Crippen LogP contribution in [-0.4, -0.2) is 40.7 Å². The van der Waals surface area contributed by atoms with Crippen LogP contribution in [0.2, 0.25) is 0 Å². The van der Waals surface area contributed by atoms with E-state index < -0.39 is 0 Å². The Kier molecular flexibility index (Phi) is 5.04. The average molecular weight is 383 g/mol. The number of hydrogen-bond donors (Lipinski definition) is 0. The molecule has 27 heavy (non-hydrogen) atoms. The van der Waals surface area contributed by atoms with Gasteiger partial charge in [-0.25, -0.2) is 0 Å². The molecule has 4 nitrogen and oxygen atoms in total. The lowest BCUT2D eigenvalue weighted by Gasteiger charge is -2.38. The van der Waals surface area contributed by atoms with Crippen LogP contribution in [0.3, 0.4) is 0 Å². The summed E-state index contributed by atoms with van der Waals surface area (Å²) in [6, 6.07) is 12.4. The molecule has 1 aliphatic carbocycles. The molecule has 1 aromatic heterocycles. The molecule has 1 aliphatic heterocycles. The molecule has 1 fully saturated rings. The molecule has 142 valence electrons. The summed E-state index contributed by atoms with van der Waals surface area (Å²) >= 11 is 1.77. The molecule has 0 saturated heterocycles. The lowest BCUT2D eigenvalue weighted by molar-refractivity contribution is -0.143. The van der Waals surface area contributed by atoms with Crippen molar-refractivity contribution in [2.45, 2.75) is 45.2 Å². The number of carbonyl (C=O) groups excluding carboxylic acids is 2. The highest BCUT2D eigenvalue weighted by Crippen LogP contribution is 2.38. The Labute approximate surface area is 164 Å². The highest BCUT2D eigenvalue weighted by Gasteiger charge is 2.38. The number of rotatable bonds is 5. The van der Waals surface area contributed by atoms with Gasteiger partial charge in [0.1, 0.15) is 6.54 Å². The third-order valence-corrected chi connectivity index (χ3v) is 6.54. The number of carbonyl (C=O) groups is 2. The molecule has 2 aromatic rings. The Morgan fingerprint density at radius 1 is 1.19 bits per heavy atom. The lowest BCUT2D eigenvalue weighted by atomic mass is 9.93. The molecule has 0 bridgehead atoms. The molecule has 1 saturated carbocycles. The lowest BCUT2D eigenvalue weighted by Crippen LogP contribution is -2.49. The van der Waals surface area contributed by atoms with Gasteiger partial charge in [-0.2, -0.15) is 0 Å². The van der Waals surface area contributed by atoms with Gasteiger partial charge in [-0.1, -0.05) is 30.3 Å². The van der Waals surface area contributed by atoms with E-state index in [4.69, 9.17) is 0 Å². The van der Waals surface area contributed by atoms with Crippen LogP contribution >= 0.6 is 11.3 Å². The quantitative estimate of drug-likeness (QED) is 0.788. The molecule has 0 N–H and O–H groups in total. The molecular formula is C22H26N2O2S. The smallest absolute Gasteiger partial charge is 0.243 e. The first kappa shape index (κ1) is 18.2. The largest absolute Gasteiger partial charge is 0.331 e. The second kappa shape index (κ2) is 7.47. The van der Waals surface area contributed by atoms with E-state index in [9.17, 15) is 9.59 Å². The van der Waals surface area contributed by atoms with Crippen LogP contribution in [0.4, 0.5) is 0 Å². The van der Waals surface area contributed by atoms with Gasteiger partial charge in [0.2, 0.25) is 11.8 Å². The predicted octanol–water partition coefficient (Wildman–Crippen LogP) is 3.87. The van der Waals surface area contributed by atoms with Gasteiger partial charge < -0.3 is 9.80 Å². The molecular weight excluding hydrogens is 356 g/mol. The van der Waals surface area contributed by atoms with Crippen LogP contribution in [0.1, 0.15) is 48.7 Å². The highest BCUT2D eigenvalue weighted by atomic mass is 32.1. The topological polar surface area (TPSA) is 40.6 Å². The van der Waals surface area contributed by atoms with E-state index in [1.54, 1.807) is 16.2 Å². The molecule has 5 heteroatoms. The molecule has 1 atom stereocenters. The van der Waals surface area contributed by atoms with Crippen LogP contribution in [0.5, 0.6) is 0 Å². The van der Waals surface area contributed by atoms with Gasteiger partial charge in [-0.15, -0.1) is 11.3 Å². The number of hydrogen-bond acceptors (Lipinski definition) is 3. The maximum absolute atomic E-state index is 13.3. The molecule has 0 unspecified atom stereocenters. The second-order valence-electron chi connectivity index (χ2n) is 7.78. The van der Waals surface area contributed by atoms with E-state index >= 15 is 0 Å². The van der Waals surface area contributed by atoms with Crippen LogP contribution < -0.4 is 0 Å². The Morgan fingerprint density at radius 3 is 2.59 bits per heavy atom. The van der Waals surface area contributed by atoms with Crippen LogP contribution in [-0.2, 0) is 16.0 Å². The first-order chi connectivity index (χ1) is 13.1. The number of nitrogens with zero attached hydrogens (tertiary/aromatic N) is 2. The van der Waals surface area contributed by atoms with Gasteiger partial charge in [-0.3, -0.25) is 9.59 Å². The van der Waals surface area contributed by atoms with Crippen molar-refractivity contribution in [3.05, 3.63) is 57.8 Å². The van der Waals surface area contributed by atoms with Crippen molar-refractivity contribution < 1.29 is 9.59 Å². The summed E-state index contributed by atoms with van der Waals surface area (Å²) in [5.74, 6) is 0.321. The van der Waals surface area contributed by atoms with Gasteiger partial charge in [0.25, 0.3) is 0 Å². The summed E-state index contributed by atoms with van der Waals surface area (Å²) in [5, 5.41) is 2.12. The summed E-state index contributed by atoms with van der Waals surface area (Å²) in [6.45, 7) is 4.87. The summed E-state index contributed by atoms with van der Waals surface area (Å²) in [6.07, 6.45) is 2.82. The molecule has 2 heterocycles. The first-order valence-electron chi connectivity index (χ1n) is 9.77. The van der Waals surface area contributed by atoms with E-state index in [2.05, 4.69) is 23.6 Å². The SMILES string of the molecule is CC(C)N(CC(=O)N1CCc2sccc2[C@H]1c1ccccc1)C(=O)C1CC1. The highest BCUT2D eigenvalue weighted by molar-refractivity contribution is 7.10. The number of fused-ring (bicyclic) bond motifs is 1. The maximum Gasteiger partial charge on any atom is 0.243 e. The molecule has 2 amide bonds. The van der Waals surface area contributed by atoms with Gasteiger partial charge in [0.15, 0.2) is 0 Å². The normalized spacial score (nSPS) is 19.1. The zero-order valence-corrected chi connectivity index (χ0v) is 16.7. The fourth-order valence-electron chi connectivity index (χ4n) is 3.90. The van der Waals surface area contributed by atoms with E-state index in [0.29, 0.717) is 6.54 Å². The zero-order valence-electron chi connectivity index (χ0n) is 15.9. The molecule has 0 spiro atoms. The zero-order chi connectivity index (χ0) is 19.0. The second-order valence-corrected chi connectivity index (χ2v) is 8.78. The third kappa shape index (κ3) is 3.65. The van der Waals surface area contributed by atoms with Crippen molar-refractivity contribution in [1.29, 1.82) is 0 Å². The third-order valence-electron chi connectivity index (χ3n) is 5.54. The number of benzene rings is 1. The van der Waals surface area contributed by atoms with Crippen molar-refractivity contribution in [2.75, 3.05) is 13.1 Å². The Hall–Kier alpha value is -2.14. The van der Waals surface area contributed by atoms with Crippen molar-refractivity contribution >= 4 is 23.2 Å². The molecule has 2 aliphatic rings. The standard InChI is InChI=1S/C22H26N2O2S/c1-15(2)24(22(26)17-8-9-17)14-20(25)23-12-10-19-18(11-13-27-19)21(23)16-6-4-3-5-7-16/h3-7,11,13,15,17,21H,8-10,12,14H2,1-2H3/t21-/m1/s1. The van der Waals surface area contributed by atoms with Gasteiger partial charge in [-0.05, 0) is 55.7 Å². The molecule has 0 radical (unpaired) electrons. The van der Waals surface area contributed by atoms with Gasteiger partial charge in [0, 0.05) is 23.4 Å². The Morgan fingerprint density at radius 2 is 1.93 bits per heavy atom. The van der Waals surface area contributed by atoms with Crippen molar-refractivity contribution in [2.24, 2.45) is 5.92 Å². The number of amides is 2. The van der Waals surface area contributed by atoms with Crippen molar-refractivity contribution in [3.63, 3.8) is 0 Å². The van der Waals surface area contributed by atoms with E-state index in [0.717, 1.165) is 24.8 Å². The monoisotopic (exact) mass is 382 g/mol. The minimum atomic E-state index is -0.0567. The summed E-state index contributed by atoms with van der Waals surface area (Å²) < 4.78 is 0. The predicted molar refractivity (Wildman–Crippen MR) is 108 cm³/mol. The molecule has 1 aromatic carbocycles. The summed E-state index contributed by atoms with van der Waals surface area (Å²) in [4.78, 5) is 31.0. The maximum atomic E-state index is 13.3. The minimum absolute atomic E-state index is 0.0405. The first-order valence-corrected chi connectivity index (χ1v) is 10.7. The van der Waals surface area contributed by atoms with Gasteiger partial charge >= 0.3 is 0 Å². The van der Waals surface area contributed by atoms with Crippen molar-refractivity contribution in [3.8, 4) is 0 Å². The van der Waals surface area contributed by atoms with Gasteiger partial charge in [0.05, 0.1) is 6.04 Å². The average Bonchev–Trinajstić information content (AvgIpc) is 3.42. The Bertz CT molecular complexity index is 826. The van der Waals surface area contributed by atoms with Crippen LogP contribution in [0.15, 0.2) is 41.8 Å². The summed E-state index contributed by atoms with van der Waals surface area (Å²) in [5.41, 5.74) is 2.37. The van der Waals surface area contributed by atoms with Crippen LogP contribution in [0.25, 0.3) is 0 Å². The fourth-order valence-corrected chi connectivity index (χ4v) is 4.80. The van der Waals surface area contributed by atoms with E-state index in [-0.39, 0.29) is 36.4 Å². The fraction of sp³-hybridized carbons (Fsp3) is 0.455. The van der Waals surface area contributed by atoms with Crippen LogP contribution in [0, 0.1) is 5.92 Å². The minimum Gasteiger partial charge on any atom is -0.331 e. The number of thiophene rings is 1.